The molecule has 0 amide bonds. The maximum atomic E-state index is 11.6. The Labute approximate surface area is 124 Å². The van der Waals surface area contributed by atoms with Gasteiger partial charge in [0.05, 0.1) is 12.7 Å². The van der Waals surface area contributed by atoms with E-state index in [2.05, 4.69) is 33.9 Å². The second-order valence-corrected chi connectivity index (χ2v) is 12.7. The van der Waals surface area contributed by atoms with Gasteiger partial charge in [0, 0.05) is 6.42 Å². The van der Waals surface area contributed by atoms with Crippen molar-refractivity contribution in [1.29, 1.82) is 0 Å². The molecule has 0 aromatic heterocycles. The highest BCUT2D eigenvalue weighted by atomic mass is 28.4. The first kappa shape index (κ1) is 17.8. The zero-order valence-electron chi connectivity index (χ0n) is 14.2. The summed E-state index contributed by atoms with van der Waals surface area (Å²) in [6, 6.07) is 0. The molecule has 118 valence electrons. The highest BCUT2D eigenvalue weighted by Gasteiger charge is 2.47. The lowest BCUT2D eigenvalue weighted by atomic mass is 9.96. The van der Waals surface area contributed by atoms with E-state index in [1.54, 1.807) is 0 Å². The molecule has 0 unspecified atom stereocenters. The van der Waals surface area contributed by atoms with E-state index < -0.39 is 19.7 Å². The molecule has 0 aliphatic carbocycles. The van der Waals surface area contributed by atoms with Crippen LogP contribution < -0.4 is 0 Å². The molecule has 1 aliphatic rings. The van der Waals surface area contributed by atoms with Crippen LogP contribution >= 0.6 is 0 Å². The molecule has 0 aromatic rings. The second-order valence-electron chi connectivity index (χ2n) is 7.87. The SMILES string of the molecule is C[C@H]1C[C@@](C=O)(CO[Si](C)(C)C(C)(C)C)OC(C)(C)O1. The van der Waals surface area contributed by atoms with Crippen molar-refractivity contribution in [2.45, 2.75) is 83.6 Å². The zero-order valence-corrected chi connectivity index (χ0v) is 15.2. The van der Waals surface area contributed by atoms with Crippen LogP contribution in [0.4, 0.5) is 0 Å². The molecular weight excluding hydrogens is 272 g/mol. The molecule has 2 atom stereocenters. The fourth-order valence-electron chi connectivity index (χ4n) is 2.28. The van der Waals surface area contributed by atoms with Crippen LogP contribution in [0, 0.1) is 0 Å². The predicted octanol–water partition coefficient (Wildman–Crippen LogP) is 3.51. The van der Waals surface area contributed by atoms with Crippen molar-refractivity contribution in [3.63, 3.8) is 0 Å². The molecule has 0 N–H and O–H groups in total. The van der Waals surface area contributed by atoms with Crippen LogP contribution in [0.25, 0.3) is 0 Å². The number of hydrogen-bond donors (Lipinski definition) is 0. The molecule has 1 rings (SSSR count). The molecule has 1 saturated heterocycles. The van der Waals surface area contributed by atoms with Crippen LogP contribution in [0.1, 0.15) is 48.0 Å². The van der Waals surface area contributed by atoms with Gasteiger partial charge in [-0.25, -0.2) is 0 Å². The van der Waals surface area contributed by atoms with Gasteiger partial charge in [-0.1, -0.05) is 20.8 Å². The summed E-state index contributed by atoms with van der Waals surface area (Å²) in [5.74, 6) is -0.755. The smallest absolute Gasteiger partial charge is 0.192 e. The quantitative estimate of drug-likeness (QED) is 0.589. The molecular formula is C15H30O4Si. The average molecular weight is 302 g/mol. The van der Waals surface area contributed by atoms with E-state index >= 15 is 0 Å². The van der Waals surface area contributed by atoms with Crippen molar-refractivity contribution in [3.8, 4) is 0 Å². The van der Waals surface area contributed by atoms with Crippen LogP contribution in [0.2, 0.25) is 18.1 Å². The summed E-state index contributed by atoms with van der Waals surface area (Å²) in [5, 5.41) is 0.114. The van der Waals surface area contributed by atoms with E-state index in [4.69, 9.17) is 13.9 Å². The Morgan fingerprint density at radius 3 is 2.30 bits per heavy atom. The second kappa shape index (κ2) is 5.52. The fourth-order valence-corrected chi connectivity index (χ4v) is 3.32. The number of ether oxygens (including phenoxy) is 2. The van der Waals surface area contributed by atoms with Crippen molar-refractivity contribution in [2.24, 2.45) is 0 Å². The van der Waals surface area contributed by atoms with Crippen LogP contribution in [0.15, 0.2) is 0 Å². The molecule has 20 heavy (non-hydrogen) atoms. The first-order chi connectivity index (χ1) is 8.83. The molecule has 0 bridgehead atoms. The van der Waals surface area contributed by atoms with Gasteiger partial charge in [0.15, 0.2) is 26.0 Å². The lowest BCUT2D eigenvalue weighted by Gasteiger charge is -2.46. The van der Waals surface area contributed by atoms with Crippen molar-refractivity contribution in [2.75, 3.05) is 6.61 Å². The van der Waals surface area contributed by atoms with Gasteiger partial charge in [0.2, 0.25) is 0 Å². The van der Waals surface area contributed by atoms with E-state index in [0.717, 1.165) is 6.29 Å². The minimum absolute atomic E-state index is 0.0213. The topological polar surface area (TPSA) is 44.8 Å². The maximum Gasteiger partial charge on any atom is 0.192 e. The molecule has 1 aliphatic heterocycles. The van der Waals surface area contributed by atoms with Crippen LogP contribution in [0.3, 0.4) is 0 Å². The average Bonchev–Trinajstić information content (AvgIpc) is 2.22. The maximum absolute atomic E-state index is 11.6. The Balaban J connectivity index is 2.84. The highest BCUT2D eigenvalue weighted by molar-refractivity contribution is 6.74. The van der Waals surface area contributed by atoms with E-state index in [0.29, 0.717) is 13.0 Å². The Kier molecular flexibility index (Phi) is 4.92. The third kappa shape index (κ3) is 4.13. The van der Waals surface area contributed by atoms with Gasteiger partial charge in [-0.05, 0) is 38.9 Å². The lowest BCUT2D eigenvalue weighted by molar-refractivity contribution is -0.322. The molecule has 0 radical (unpaired) electrons. The third-order valence-corrected chi connectivity index (χ3v) is 8.74. The van der Waals surface area contributed by atoms with Crippen molar-refractivity contribution >= 4 is 14.6 Å². The minimum Gasteiger partial charge on any atom is -0.413 e. The summed E-state index contributed by atoms with van der Waals surface area (Å²) < 4.78 is 17.8. The largest absolute Gasteiger partial charge is 0.413 e. The molecule has 1 heterocycles. The Bertz CT molecular complexity index is 359. The first-order valence-corrected chi connectivity index (χ1v) is 10.2. The summed E-state index contributed by atoms with van der Waals surface area (Å²) in [7, 11) is -1.90. The zero-order chi connectivity index (χ0) is 15.8. The van der Waals surface area contributed by atoms with Gasteiger partial charge >= 0.3 is 0 Å². The third-order valence-electron chi connectivity index (χ3n) is 4.27. The molecule has 5 heteroatoms. The number of carbonyl (C=O) groups is 1. The van der Waals surface area contributed by atoms with Crippen LogP contribution in [-0.4, -0.2) is 38.7 Å². The standard InChI is InChI=1S/C15H30O4Si/c1-12-9-15(10-16,19-14(5,6)18-12)11-17-20(7,8)13(2,3)4/h10,12H,9,11H2,1-8H3/t12-,15+/m0/s1. The first-order valence-electron chi connectivity index (χ1n) is 7.31. The highest BCUT2D eigenvalue weighted by Crippen LogP contribution is 2.39. The minimum atomic E-state index is -1.90. The van der Waals surface area contributed by atoms with Crippen molar-refractivity contribution in [1.82, 2.24) is 0 Å². The fraction of sp³-hybridized carbons (Fsp3) is 0.933. The van der Waals surface area contributed by atoms with Gasteiger partial charge < -0.3 is 18.7 Å². The molecule has 0 aromatic carbocycles. The number of aldehydes is 1. The van der Waals surface area contributed by atoms with Gasteiger partial charge in [0.1, 0.15) is 0 Å². The number of carbonyl (C=O) groups excluding carboxylic acids is 1. The van der Waals surface area contributed by atoms with E-state index in [9.17, 15) is 4.79 Å². The number of hydrogen-bond acceptors (Lipinski definition) is 4. The van der Waals surface area contributed by atoms with Crippen LogP contribution in [0.5, 0.6) is 0 Å². The molecule has 0 saturated carbocycles. The summed E-state index contributed by atoms with van der Waals surface area (Å²) in [6.07, 6.45) is 1.40. The Hall–Kier alpha value is -0.233. The van der Waals surface area contributed by atoms with E-state index in [1.807, 2.05) is 20.8 Å². The van der Waals surface area contributed by atoms with E-state index in [1.165, 1.54) is 0 Å². The predicted molar refractivity (Wildman–Crippen MR) is 82.3 cm³/mol. The summed E-state index contributed by atoms with van der Waals surface area (Å²) in [6.45, 7) is 16.9. The summed E-state index contributed by atoms with van der Waals surface area (Å²) in [5.41, 5.74) is -0.892. The molecule has 4 nitrogen and oxygen atoms in total. The Morgan fingerprint density at radius 1 is 1.35 bits per heavy atom. The normalized spacial score (nSPS) is 31.1. The summed E-state index contributed by atoms with van der Waals surface area (Å²) >= 11 is 0. The lowest BCUT2D eigenvalue weighted by Crippen LogP contribution is -2.57. The van der Waals surface area contributed by atoms with E-state index in [-0.39, 0.29) is 11.1 Å². The van der Waals surface area contributed by atoms with Crippen LogP contribution in [-0.2, 0) is 18.7 Å². The van der Waals surface area contributed by atoms with Crippen molar-refractivity contribution < 1.29 is 18.7 Å². The Morgan fingerprint density at radius 2 is 1.90 bits per heavy atom. The monoisotopic (exact) mass is 302 g/mol. The molecule has 0 spiro atoms. The number of rotatable bonds is 4. The van der Waals surface area contributed by atoms with Crippen molar-refractivity contribution in [3.05, 3.63) is 0 Å². The summed E-state index contributed by atoms with van der Waals surface area (Å²) in [4.78, 5) is 11.6. The van der Waals surface area contributed by atoms with Gasteiger partial charge in [-0.2, -0.15) is 0 Å². The molecule has 1 fully saturated rings. The van der Waals surface area contributed by atoms with Gasteiger partial charge in [0.25, 0.3) is 0 Å². The van der Waals surface area contributed by atoms with Gasteiger partial charge in [-0.3, -0.25) is 0 Å². The van der Waals surface area contributed by atoms with Gasteiger partial charge in [-0.15, -0.1) is 0 Å².